The fourth-order valence-corrected chi connectivity index (χ4v) is 4.44. The Balaban J connectivity index is 0.000000155. The zero-order valence-corrected chi connectivity index (χ0v) is 20.6. The Morgan fingerprint density at radius 1 is 1.00 bits per heavy atom. The molecule has 3 heterocycles. The summed E-state index contributed by atoms with van der Waals surface area (Å²) < 4.78 is 11.0. The SMILES string of the molecule is N=C(ON)c1oc2ccccc2c1N1CCOCC1.NC1N=C(c2ccccc2)c2ccccc2NC1=O. The van der Waals surface area contributed by atoms with Gasteiger partial charge in [-0.15, -0.1) is 0 Å². The van der Waals surface area contributed by atoms with Crippen LogP contribution in [-0.4, -0.2) is 50.0 Å². The predicted molar refractivity (Wildman–Crippen MR) is 146 cm³/mol. The fourth-order valence-electron chi connectivity index (χ4n) is 4.44. The number of nitrogens with one attached hydrogen (secondary N) is 2. The first-order chi connectivity index (χ1) is 18.6. The molecule has 1 aromatic heterocycles. The van der Waals surface area contributed by atoms with Crippen molar-refractivity contribution in [3.63, 3.8) is 0 Å². The number of carbonyl (C=O) groups is 1. The summed E-state index contributed by atoms with van der Waals surface area (Å²) in [6, 6.07) is 25.0. The number of hydrogen-bond donors (Lipinski definition) is 4. The van der Waals surface area contributed by atoms with Crippen LogP contribution in [0, 0.1) is 5.41 Å². The number of nitrogens with two attached hydrogens (primary N) is 2. The van der Waals surface area contributed by atoms with Gasteiger partial charge in [-0.3, -0.25) is 15.2 Å². The second-order valence-corrected chi connectivity index (χ2v) is 8.65. The number of para-hydroxylation sites is 2. The van der Waals surface area contributed by atoms with Gasteiger partial charge in [0.1, 0.15) is 5.58 Å². The topological polar surface area (TPSA) is 152 Å². The molecule has 2 aliphatic rings. The number of furan rings is 1. The second-order valence-electron chi connectivity index (χ2n) is 8.65. The normalized spacial score (nSPS) is 16.9. The molecule has 0 bridgehead atoms. The Morgan fingerprint density at radius 3 is 2.45 bits per heavy atom. The van der Waals surface area contributed by atoms with E-state index in [1.807, 2.05) is 78.9 Å². The molecule has 4 aromatic rings. The van der Waals surface area contributed by atoms with Crippen LogP contribution in [-0.2, 0) is 14.4 Å². The van der Waals surface area contributed by atoms with Gasteiger partial charge < -0.3 is 29.9 Å². The van der Waals surface area contributed by atoms with Crippen molar-refractivity contribution in [2.24, 2.45) is 16.6 Å². The monoisotopic (exact) mass is 512 g/mol. The molecule has 10 nitrogen and oxygen atoms in total. The second kappa shape index (κ2) is 11.3. The van der Waals surface area contributed by atoms with Gasteiger partial charge in [-0.05, 0) is 18.2 Å². The molecule has 3 aromatic carbocycles. The van der Waals surface area contributed by atoms with Crippen LogP contribution < -0.4 is 21.8 Å². The molecule has 0 spiro atoms. The van der Waals surface area contributed by atoms with Gasteiger partial charge >= 0.3 is 0 Å². The van der Waals surface area contributed by atoms with Gasteiger partial charge in [-0.1, -0.05) is 60.7 Å². The molecule has 1 unspecified atom stereocenters. The van der Waals surface area contributed by atoms with Crippen molar-refractivity contribution >= 4 is 39.9 Å². The van der Waals surface area contributed by atoms with Gasteiger partial charge in [0.05, 0.1) is 30.3 Å². The third-order valence-corrected chi connectivity index (χ3v) is 6.24. The first-order valence-electron chi connectivity index (χ1n) is 12.2. The maximum Gasteiger partial charge on any atom is 0.275 e. The molecule has 6 N–H and O–H groups in total. The van der Waals surface area contributed by atoms with Crippen molar-refractivity contribution in [3.8, 4) is 0 Å². The number of benzodiazepines with no additional fused rings is 1. The maximum absolute atomic E-state index is 11.8. The molecule has 194 valence electrons. The van der Waals surface area contributed by atoms with Gasteiger partial charge in [0.15, 0.2) is 6.17 Å². The molecule has 0 radical (unpaired) electrons. The number of ether oxygens (including phenoxy) is 1. The van der Waals surface area contributed by atoms with Crippen molar-refractivity contribution in [1.82, 2.24) is 0 Å². The summed E-state index contributed by atoms with van der Waals surface area (Å²) in [5.41, 5.74) is 10.7. The van der Waals surface area contributed by atoms with E-state index in [1.54, 1.807) is 0 Å². The van der Waals surface area contributed by atoms with E-state index in [-0.39, 0.29) is 11.8 Å². The summed E-state index contributed by atoms with van der Waals surface area (Å²) in [4.78, 5) is 22.8. The molecule has 2 aliphatic heterocycles. The van der Waals surface area contributed by atoms with Gasteiger partial charge in [0.25, 0.3) is 11.8 Å². The Morgan fingerprint density at radius 2 is 1.68 bits per heavy atom. The Hall–Kier alpha value is -4.51. The summed E-state index contributed by atoms with van der Waals surface area (Å²) in [7, 11) is 0. The van der Waals surface area contributed by atoms with E-state index in [0.717, 1.165) is 52.3 Å². The minimum Gasteiger partial charge on any atom is -0.449 e. The molecule has 1 fully saturated rings. The molecule has 38 heavy (non-hydrogen) atoms. The average Bonchev–Trinajstić information content (AvgIpc) is 3.31. The van der Waals surface area contributed by atoms with Gasteiger partial charge in [-0.2, -0.15) is 5.90 Å². The summed E-state index contributed by atoms with van der Waals surface area (Å²) in [5, 5.41) is 11.5. The van der Waals surface area contributed by atoms with Crippen LogP contribution in [0.2, 0.25) is 0 Å². The predicted octanol–water partition coefficient (Wildman–Crippen LogP) is 3.25. The number of nitrogens with zero attached hydrogens (tertiary/aromatic N) is 2. The number of amides is 1. The van der Waals surface area contributed by atoms with Crippen molar-refractivity contribution < 1.29 is 18.8 Å². The number of hydrogen-bond acceptors (Lipinski definition) is 9. The van der Waals surface area contributed by atoms with Crippen LogP contribution in [0.4, 0.5) is 11.4 Å². The number of rotatable bonds is 3. The molecule has 0 saturated carbocycles. The molecule has 1 saturated heterocycles. The quantitative estimate of drug-likeness (QED) is 0.187. The van der Waals surface area contributed by atoms with E-state index < -0.39 is 6.17 Å². The number of anilines is 2. The molecular weight excluding hydrogens is 484 g/mol. The fraction of sp³-hybridized carbons (Fsp3) is 0.179. The van der Waals surface area contributed by atoms with Gasteiger partial charge in [0.2, 0.25) is 5.76 Å². The minimum atomic E-state index is -0.886. The summed E-state index contributed by atoms with van der Waals surface area (Å²) >= 11 is 0. The van der Waals surface area contributed by atoms with E-state index >= 15 is 0 Å². The highest BCUT2D eigenvalue weighted by Crippen LogP contribution is 2.34. The first kappa shape index (κ1) is 25.2. The molecule has 0 aliphatic carbocycles. The minimum absolute atomic E-state index is 0.169. The van der Waals surface area contributed by atoms with Crippen LogP contribution >= 0.6 is 0 Å². The molecule has 6 rings (SSSR count). The Bertz CT molecular complexity index is 1480. The third-order valence-electron chi connectivity index (χ3n) is 6.24. The third kappa shape index (κ3) is 5.14. The number of carbonyl (C=O) groups excluding carboxylic acids is 1. The van der Waals surface area contributed by atoms with Crippen molar-refractivity contribution in [2.45, 2.75) is 6.17 Å². The van der Waals surface area contributed by atoms with Crippen molar-refractivity contribution in [2.75, 3.05) is 36.5 Å². The highest BCUT2D eigenvalue weighted by Gasteiger charge is 2.25. The molecular formula is C28H28N6O4. The zero-order chi connectivity index (χ0) is 26.5. The smallest absolute Gasteiger partial charge is 0.275 e. The standard InChI is InChI=1S/C15H13N3O.C13H15N3O3/c16-14-15(19)17-12-9-5-4-8-11(12)13(18-14)10-6-2-1-3-7-10;14-13(19-15)12-11(16-5-7-17-8-6-16)9-3-1-2-4-10(9)18-12/h1-9,14H,16H2,(H,17,19);1-4,14H,5-8,15H2. The zero-order valence-electron chi connectivity index (χ0n) is 20.6. The number of aliphatic imine (C=N–C) groups is 1. The summed E-state index contributed by atoms with van der Waals surface area (Å²) in [5.74, 6) is 5.00. The van der Waals surface area contributed by atoms with Crippen molar-refractivity contribution in [1.29, 1.82) is 5.41 Å². The van der Waals surface area contributed by atoms with E-state index in [4.69, 9.17) is 26.2 Å². The van der Waals surface area contributed by atoms with Crippen LogP contribution in [0.25, 0.3) is 11.0 Å². The lowest BCUT2D eigenvalue weighted by Gasteiger charge is -2.28. The van der Waals surface area contributed by atoms with E-state index in [9.17, 15) is 4.79 Å². The van der Waals surface area contributed by atoms with Gasteiger partial charge in [0, 0.05) is 29.6 Å². The maximum atomic E-state index is 11.8. The lowest BCUT2D eigenvalue weighted by atomic mass is 10.0. The van der Waals surface area contributed by atoms with Crippen LogP contribution in [0.1, 0.15) is 16.9 Å². The van der Waals surface area contributed by atoms with Crippen molar-refractivity contribution in [3.05, 3.63) is 95.7 Å². The van der Waals surface area contributed by atoms with E-state index in [2.05, 4.69) is 20.0 Å². The lowest BCUT2D eigenvalue weighted by Crippen LogP contribution is -2.37. The van der Waals surface area contributed by atoms with Crippen LogP contribution in [0.3, 0.4) is 0 Å². The molecule has 1 amide bonds. The van der Waals surface area contributed by atoms with E-state index in [0.29, 0.717) is 19.0 Å². The average molecular weight is 513 g/mol. The summed E-state index contributed by atoms with van der Waals surface area (Å²) in [6.45, 7) is 2.84. The largest absolute Gasteiger partial charge is 0.449 e. The number of morpholine rings is 1. The number of fused-ring (bicyclic) bond motifs is 2. The van der Waals surface area contributed by atoms with Crippen LogP contribution in [0.5, 0.6) is 0 Å². The van der Waals surface area contributed by atoms with E-state index in [1.165, 1.54) is 0 Å². The molecule has 1 atom stereocenters. The first-order valence-corrected chi connectivity index (χ1v) is 12.2. The van der Waals surface area contributed by atoms with Gasteiger partial charge in [-0.25, -0.2) is 0 Å². The Labute approximate surface area is 219 Å². The number of benzene rings is 3. The highest BCUT2D eigenvalue weighted by molar-refractivity contribution is 6.19. The van der Waals surface area contributed by atoms with Crippen LogP contribution in [0.15, 0.2) is 88.3 Å². The highest BCUT2D eigenvalue weighted by atomic mass is 16.6. The molecule has 10 heteroatoms. The summed E-state index contributed by atoms with van der Waals surface area (Å²) in [6.07, 6.45) is -0.886. The Kier molecular flexibility index (Phi) is 7.45. The lowest BCUT2D eigenvalue weighted by molar-refractivity contribution is -0.117.